The number of Topliss-reactive ketones (excluding diaryl/α,β-unsaturated/α-hetero) is 2. The molecule has 16 heavy (non-hydrogen) atoms. The zero-order valence-electron chi connectivity index (χ0n) is 10.3. The molecule has 0 heterocycles. The zero-order chi connectivity index (χ0) is 12.3. The average molecular weight is 218 g/mol. The third kappa shape index (κ3) is 2.78. The van der Waals surface area contributed by atoms with Crippen molar-refractivity contribution in [2.75, 3.05) is 0 Å². The van der Waals surface area contributed by atoms with Gasteiger partial charge in [0.2, 0.25) is 0 Å². The normalized spacial score (nSPS) is 10.9. The molecule has 1 rings (SSSR count). The monoisotopic (exact) mass is 218 g/mol. The fraction of sp³-hybridized carbons (Fsp3) is 0.429. The van der Waals surface area contributed by atoms with Gasteiger partial charge in [-0.2, -0.15) is 0 Å². The van der Waals surface area contributed by atoms with E-state index in [0.29, 0.717) is 11.1 Å². The summed E-state index contributed by atoms with van der Waals surface area (Å²) in [5.74, 6) is 0.213. The second-order valence-electron chi connectivity index (χ2n) is 4.62. The van der Waals surface area contributed by atoms with Gasteiger partial charge >= 0.3 is 0 Å². The molecular weight excluding hydrogens is 200 g/mol. The number of carbonyl (C=O) groups excluding carboxylic acids is 2. The summed E-state index contributed by atoms with van der Waals surface area (Å²) in [7, 11) is 0. The molecule has 1 aromatic rings. The molecule has 0 unspecified atom stereocenters. The first kappa shape index (κ1) is 12.6. The van der Waals surface area contributed by atoms with Gasteiger partial charge in [-0.05, 0) is 0 Å². The second-order valence-corrected chi connectivity index (χ2v) is 4.62. The third-order valence-corrected chi connectivity index (χ3v) is 2.50. The first-order valence-electron chi connectivity index (χ1n) is 5.62. The van der Waals surface area contributed by atoms with Crippen LogP contribution in [0.15, 0.2) is 24.3 Å². The second kappa shape index (κ2) is 5.06. The number of hydrogen-bond acceptors (Lipinski definition) is 2. The fourth-order valence-corrected chi connectivity index (χ4v) is 1.47. The van der Waals surface area contributed by atoms with Crippen molar-refractivity contribution in [1.82, 2.24) is 0 Å². The maximum absolute atomic E-state index is 11.7. The minimum Gasteiger partial charge on any atom is -0.294 e. The van der Waals surface area contributed by atoms with E-state index >= 15 is 0 Å². The molecule has 1 aromatic carbocycles. The lowest BCUT2D eigenvalue weighted by Gasteiger charge is -2.06. The molecular formula is C14H18O2. The molecule has 0 amide bonds. The van der Waals surface area contributed by atoms with Crippen LogP contribution in [-0.2, 0) is 0 Å². The standard InChI is InChI=1S/C14H18O2/c1-9(2)13(15)11-5-7-12(8-6-11)14(16)10(3)4/h5-10H,1-4H3. The number of ketones is 2. The van der Waals surface area contributed by atoms with Crippen LogP contribution in [0.4, 0.5) is 0 Å². The van der Waals surface area contributed by atoms with Crippen molar-refractivity contribution in [1.29, 1.82) is 0 Å². The Labute approximate surface area is 96.7 Å². The Morgan fingerprint density at radius 3 is 1.19 bits per heavy atom. The molecule has 2 heteroatoms. The predicted molar refractivity (Wildman–Crippen MR) is 64.8 cm³/mol. The lowest BCUT2D eigenvalue weighted by Crippen LogP contribution is -2.10. The summed E-state index contributed by atoms with van der Waals surface area (Å²) < 4.78 is 0. The molecule has 0 saturated heterocycles. The van der Waals surface area contributed by atoms with E-state index in [1.807, 2.05) is 27.7 Å². The lowest BCUT2D eigenvalue weighted by molar-refractivity contribution is 0.0928. The first-order chi connectivity index (χ1) is 7.43. The summed E-state index contributed by atoms with van der Waals surface area (Å²) in [6.45, 7) is 7.48. The smallest absolute Gasteiger partial charge is 0.165 e. The Kier molecular flexibility index (Phi) is 3.99. The summed E-state index contributed by atoms with van der Waals surface area (Å²) in [5.41, 5.74) is 1.35. The highest BCUT2D eigenvalue weighted by atomic mass is 16.1. The number of carbonyl (C=O) groups is 2. The van der Waals surface area contributed by atoms with Crippen LogP contribution >= 0.6 is 0 Å². The largest absolute Gasteiger partial charge is 0.294 e. The van der Waals surface area contributed by atoms with E-state index in [9.17, 15) is 9.59 Å². The summed E-state index contributed by atoms with van der Waals surface area (Å²) in [6.07, 6.45) is 0. The van der Waals surface area contributed by atoms with E-state index in [2.05, 4.69) is 0 Å². The van der Waals surface area contributed by atoms with Gasteiger partial charge in [0, 0.05) is 23.0 Å². The van der Waals surface area contributed by atoms with Gasteiger partial charge in [-0.15, -0.1) is 0 Å². The van der Waals surface area contributed by atoms with Crippen molar-refractivity contribution < 1.29 is 9.59 Å². The van der Waals surface area contributed by atoms with Crippen molar-refractivity contribution >= 4 is 11.6 Å². The third-order valence-electron chi connectivity index (χ3n) is 2.50. The zero-order valence-corrected chi connectivity index (χ0v) is 10.3. The van der Waals surface area contributed by atoms with E-state index in [4.69, 9.17) is 0 Å². The molecule has 0 radical (unpaired) electrons. The molecule has 0 fully saturated rings. The highest BCUT2D eigenvalue weighted by molar-refractivity contribution is 6.00. The molecule has 0 aliphatic rings. The fourth-order valence-electron chi connectivity index (χ4n) is 1.47. The molecule has 0 spiro atoms. The molecule has 86 valence electrons. The average Bonchev–Trinajstić information content (AvgIpc) is 2.27. The molecule has 2 nitrogen and oxygen atoms in total. The summed E-state index contributed by atoms with van der Waals surface area (Å²) >= 11 is 0. The van der Waals surface area contributed by atoms with Gasteiger partial charge in [-0.3, -0.25) is 9.59 Å². The summed E-state index contributed by atoms with van der Waals surface area (Å²) in [4.78, 5) is 23.3. The van der Waals surface area contributed by atoms with Crippen LogP contribution in [0, 0.1) is 11.8 Å². The Balaban J connectivity index is 2.92. The van der Waals surface area contributed by atoms with Crippen LogP contribution < -0.4 is 0 Å². The summed E-state index contributed by atoms with van der Waals surface area (Å²) in [5, 5.41) is 0. The van der Waals surface area contributed by atoms with E-state index in [1.54, 1.807) is 24.3 Å². The number of benzene rings is 1. The highest BCUT2D eigenvalue weighted by Crippen LogP contribution is 2.13. The Bertz CT molecular complexity index is 347. The van der Waals surface area contributed by atoms with Gasteiger partial charge in [0.05, 0.1) is 0 Å². The SMILES string of the molecule is CC(C)C(=O)c1ccc(C(=O)C(C)C)cc1. The van der Waals surface area contributed by atoms with Crippen molar-refractivity contribution in [2.45, 2.75) is 27.7 Å². The van der Waals surface area contributed by atoms with Crippen LogP contribution in [0.1, 0.15) is 48.4 Å². The Morgan fingerprint density at radius 2 is 1.00 bits per heavy atom. The lowest BCUT2D eigenvalue weighted by atomic mass is 9.96. The van der Waals surface area contributed by atoms with Crippen LogP contribution in [0.2, 0.25) is 0 Å². The van der Waals surface area contributed by atoms with Crippen LogP contribution in [0.3, 0.4) is 0 Å². The minimum absolute atomic E-state index is 0.00773. The van der Waals surface area contributed by atoms with Crippen LogP contribution in [0.5, 0.6) is 0 Å². The van der Waals surface area contributed by atoms with E-state index in [0.717, 1.165) is 0 Å². The van der Waals surface area contributed by atoms with Gasteiger partial charge in [-0.1, -0.05) is 52.0 Å². The van der Waals surface area contributed by atoms with Crippen molar-refractivity contribution in [3.05, 3.63) is 35.4 Å². The molecule has 0 aromatic heterocycles. The summed E-state index contributed by atoms with van der Waals surface area (Å²) in [6, 6.07) is 6.94. The minimum atomic E-state index is -0.00773. The Morgan fingerprint density at radius 1 is 0.750 bits per heavy atom. The van der Waals surface area contributed by atoms with Crippen molar-refractivity contribution in [3.8, 4) is 0 Å². The van der Waals surface area contributed by atoms with Crippen molar-refractivity contribution in [2.24, 2.45) is 11.8 Å². The van der Waals surface area contributed by atoms with Crippen LogP contribution in [-0.4, -0.2) is 11.6 Å². The van der Waals surface area contributed by atoms with E-state index < -0.39 is 0 Å². The highest BCUT2D eigenvalue weighted by Gasteiger charge is 2.13. The maximum atomic E-state index is 11.7. The molecule has 0 N–H and O–H groups in total. The van der Waals surface area contributed by atoms with Gasteiger partial charge in [0.1, 0.15) is 0 Å². The van der Waals surface area contributed by atoms with Gasteiger partial charge in [0.25, 0.3) is 0 Å². The molecule has 0 aliphatic heterocycles. The quantitative estimate of drug-likeness (QED) is 0.726. The molecule has 0 aliphatic carbocycles. The maximum Gasteiger partial charge on any atom is 0.165 e. The van der Waals surface area contributed by atoms with E-state index in [1.165, 1.54) is 0 Å². The molecule has 0 bridgehead atoms. The van der Waals surface area contributed by atoms with E-state index in [-0.39, 0.29) is 23.4 Å². The van der Waals surface area contributed by atoms with Crippen molar-refractivity contribution in [3.63, 3.8) is 0 Å². The van der Waals surface area contributed by atoms with Gasteiger partial charge in [-0.25, -0.2) is 0 Å². The molecule has 0 atom stereocenters. The predicted octanol–water partition coefficient (Wildman–Crippen LogP) is 3.36. The number of rotatable bonds is 4. The number of hydrogen-bond donors (Lipinski definition) is 0. The Hall–Kier alpha value is -1.44. The topological polar surface area (TPSA) is 34.1 Å². The van der Waals surface area contributed by atoms with Gasteiger partial charge in [0.15, 0.2) is 11.6 Å². The first-order valence-corrected chi connectivity index (χ1v) is 5.62. The van der Waals surface area contributed by atoms with Crippen LogP contribution in [0.25, 0.3) is 0 Å². The van der Waals surface area contributed by atoms with Gasteiger partial charge < -0.3 is 0 Å². The molecule has 0 saturated carbocycles.